The van der Waals surface area contributed by atoms with Crippen LogP contribution in [-0.2, 0) is 0 Å². The minimum absolute atomic E-state index is 0.00373. The van der Waals surface area contributed by atoms with E-state index < -0.39 is 0 Å². The average molecular weight is 325 g/mol. The first kappa shape index (κ1) is 15.2. The number of hydrogen-bond donors (Lipinski definition) is 3. The van der Waals surface area contributed by atoms with E-state index in [9.17, 15) is 4.79 Å². The van der Waals surface area contributed by atoms with E-state index in [0.29, 0.717) is 17.1 Å². The third kappa shape index (κ3) is 2.57. The first-order chi connectivity index (χ1) is 11.7. The van der Waals surface area contributed by atoms with Crippen molar-refractivity contribution < 1.29 is 4.79 Å². The zero-order chi connectivity index (χ0) is 16.6. The number of carbonyl (C=O) groups is 1. The summed E-state index contributed by atoms with van der Waals surface area (Å²) in [6.07, 6.45) is 3.39. The van der Waals surface area contributed by atoms with Gasteiger partial charge in [-0.3, -0.25) is 9.89 Å². The minimum atomic E-state index is 0.00373. The molecular formula is C18H23N5O. The Kier molecular flexibility index (Phi) is 3.76. The van der Waals surface area contributed by atoms with Gasteiger partial charge in [-0.15, -0.1) is 0 Å². The first-order valence-electron chi connectivity index (χ1n) is 8.58. The fourth-order valence-electron chi connectivity index (χ4n) is 4.09. The summed E-state index contributed by atoms with van der Waals surface area (Å²) in [7, 11) is 0. The second-order valence-corrected chi connectivity index (χ2v) is 6.98. The minimum Gasteiger partial charge on any atom is -0.382 e. The molecule has 2 aliphatic rings. The molecule has 2 aromatic rings. The van der Waals surface area contributed by atoms with Crippen molar-refractivity contribution in [2.75, 3.05) is 31.9 Å². The van der Waals surface area contributed by atoms with Crippen molar-refractivity contribution in [1.29, 1.82) is 0 Å². The lowest BCUT2D eigenvalue weighted by atomic mass is 9.79. The molecule has 24 heavy (non-hydrogen) atoms. The van der Waals surface area contributed by atoms with Gasteiger partial charge in [0, 0.05) is 25.0 Å². The van der Waals surface area contributed by atoms with Gasteiger partial charge in [0.15, 0.2) is 5.82 Å². The van der Waals surface area contributed by atoms with Gasteiger partial charge in [-0.05, 0) is 31.4 Å². The smallest absolute Gasteiger partial charge is 0.272 e. The highest BCUT2D eigenvalue weighted by Gasteiger charge is 2.40. The van der Waals surface area contributed by atoms with Crippen LogP contribution < -0.4 is 11.1 Å². The maximum atomic E-state index is 13.1. The number of carbonyl (C=O) groups excluding carboxylic acids is 1. The highest BCUT2D eigenvalue weighted by Crippen LogP contribution is 2.37. The van der Waals surface area contributed by atoms with Crippen LogP contribution in [0.5, 0.6) is 0 Å². The summed E-state index contributed by atoms with van der Waals surface area (Å²) in [5, 5.41) is 10.4. The molecule has 6 heteroatoms. The maximum absolute atomic E-state index is 13.1. The van der Waals surface area contributed by atoms with Crippen LogP contribution in [0.15, 0.2) is 30.3 Å². The number of H-pyrrole nitrogens is 1. The Hall–Kier alpha value is -2.34. The predicted molar refractivity (Wildman–Crippen MR) is 93.5 cm³/mol. The van der Waals surface area contributed by atoms with Gasteiger partial charge in [0.05, 0.1) is 5.56 Å². The number of piperidine rings is 1. The predicted octanol–water partition coefficient (Wildman–Crippen LogP) is 1.87. The van der Waals surface area contributed by atoms with Gasteiger partial charge in [-0.25, -0.2) is 0 Å². The number of benzene rings is 1. The summed E-state index contributed by atoms with van der Waals surface area (Å²) < 4.78 is 0. The molecule has 0 bridgehead atoms. The van der Waals surface area contributed by atoms with Crippen LogP contribution in [-0.4, -0.2) is 47.2 Å². The van der Waals surface area contributed by atoms with Crippen LogP contribution in [0.25, 0.3) is 11.1 Å². The zero-order valence-electron chi connectivity index (χ0n) is 13.7. The van der Waals surface area contributed by atoms with Crippen LogP contribution in [0.2, 0.25) is 0 Å². The number of nitrogens with one attached hydrogen (secondary N) is 2. The lowest BCUT2D eigenvalue weighted by molar-refractivity contribution is 0.0548. The molecule has 1 spiro atoms. The number of hydrogen-bond acceptors (Lipinski definition) is 4. The number of aromatic nitrogens is 2. The molecular weight excluding hydrogens is 302 g/mol. The van der Waals surface area contributed by atoms with E-state index in [0.717, 1.165) is 44.6 Å². The number of nitrogens with two attached hydrogens (primary N) is 1. The second-order valence-electron chi connectivity index (χ2n) is 6.98. The van der Waals surface area contributed by atoms with Gasteiger partial charge in [-0.2, -0.15) is 5.10 Å². The molecule has 2 fully saturated rings. The molecule has 1 amide bonds. The Balaban J connectivity index is 1.63. The highest BCUT2D eigenvalue weighted by molar-refractivity contribution is 6.01. The van der Waals surface area contributed by atoms with Crippen molar-refractivity contribution in [3.05, 3.63) is 36.0 Å². The van der Waals surface area contributed by atoms with E-state index in [2.05, 4.69) is 15.5 Å². The molecule has 0 saturated carbocycles. The summed E-state index contributed by atoms with van der Waals surface area (Å²) in [4.78, 5) is 15.1. The van der Waals surface area contributed by atoms with Crippen molar-refractivity contribution in [1.82, 2.24) is 20.4 Å². The Morgan fingerprint density at radius 1 is 1.25 bits per heavy atom. The number of anilines is 1. The van der Waals surface area contributed by atoms with E-state index in [1.807, 2.05) is 35.2 Å². The molecule has 1 aromatic heterocycles. The summed E-state index contributed by atoms with van der Waals surface area (Å²) in [5.41, 5.74) is 8.41. The number of likely N-dealkylation sites (tertiary alicyclic amines) is 1. The third-order valence-electron chi connectivity index (χ3n) is 5.35. The van der Waals surface area contributed by atoms with Crippen LogP contribution >= 0.6 is 0 Å². The Morgan fingerprint density at radius 2 is 2.08 bits per heavy atom. The second kappa shape index (κ2) is 5.94. The summed E-state index contributed by atoms with van der Waals surface area (Å²) >= 11 is 0. The quantitative estimate of drug-likeness (QED) is 0.787. The van der Waals surface area contributed by atoms with E-state index in [1.54, 1.807) is 0 Å². The van der Waals surface area contributed by atoms with Gasteiger partial charge in [-0.1, -0.05) is 30.3 Å². The lowest BCUT2D eigenvalue weighted by Gasteiger charge is -2.39. The molecule has 126 valence electrons. The Morgan fingerprint density at radius 3 is 2.83 bits per heavy atom. The van der Waals surface area contributed by atoms with Gasteiger partial charge in [0.25, 0.3) is 5.91 Å². The monoisotopic (exact) mass is 325 g/mol. The molecule has 2 aliphatic heterocycles. The maximum Gasteiger partial charge on any atom is 0.272 e. The molecule has 0 radical (unpaired) electrons. The van der Waals surface area contributed by atoms with Gasteiger partial charge >= 0.3 is 0 Å². The van der Waals surface area contributed by atoms with E-state index in [-0.39, 0.29) is 11.3 Å². The van der Waals surface area contributed by atoms with Crippen LogP contribution in [0.4, 0.5) is 5.82 Å². The standard InChI is InChI=1S/C18H23N5O/c19-16-14(13-5-2-1-3-6-13)15(21-22-16)17(24)23-10-4-7-18(12-23)8-9-20-11-18/h1-3,5-6,20H,4,7-12H2,(H3,19,21,22)/t18-/m0/s1. The van der Waals surface area contributed by atoms with E-state index >= 15 is 0 Å². The third-order valence-corrected chi connectivity index (χ3v) is 5.35. The number of nitrogen functional groups attached to an aromatic ring is 1. The zero-order valence-corrected chi connectivity index (χ0v) is 13.7. The SMILES string of the molecule is Nc1n[nH]c(C(=O)N2CCC[C@@]3(CCNC3)C2)c1-c1ccccc1. The summed E-state index contributed by atoms with van der Waals surface area (Å²) in [5.74, 6) is 0.378. The fraction of sp³-hybridized carbons (Fsp3) is 0.444. The van der Waals surface area contributed by atoms with Gasteiger partial charge < -0.3 is 16.0 Å². The molecule has 4 N–H and O–H groups in total. The molecule has 0 unspecified atom stereocenters. The van der Waals surface area contributed by atoms with Crippen molar-refractivity contribution in [3.8, 4) is 11.1 Å². The Labute approximate surface area is 141 Å². The van der Waals surface area contributed by atoms with Crippen LogP contribution in [0.3, 0.4) is 0 Å². The number of nitrogens with zero attached hydrogens (tertiary/aromatic N) is 2. The van der Waals surface area contributed by atoms with Crippen LogP contribution in [0, 0.1) is 5.41 Å². The normalized spacial score (nSPS) is 23.8. The molecule has 4 rings (SSSR count). The number of rotatable bonds is 2. The molecule has 2 saturated heterocycles. The van der Waals surface area contributed by atoms with Gasteiger partial charge in [0.1, 0.15) is 5.69 Å². The molecule has 6 nitrogen and oxygen atoms in total. The fourth-order valence-corrected chi connectivity index (χ4v) is 4.09. The summed E-state index contributed by atoms with van der Waals surface area (Å²) in [6, 6.07) is 9.74. The highest BCUT2D eigenvalue weighted by atomic mass is 16.2. The molecule has 3 heterocycles. The topological polar surface area (TPSA) is 87.0 Å². The molecule has 1 aromatic carbocycles. The van der Waals surface area contributed by atoms with Crippen LogP contribution in [0.1, 0.15) is 29.8 Å². The largest absolute Gasteiger partial charge is 0.382 e. The number of aromatic amines is 1. The van der Waals surface area contributed by atoms with Crippen molar-refractivity contribution in [2.45, 2.75) is 19.3 Å². The van der Waals surface area contributed by atoms with Crippen molar-refractivity contribution >= 4 is 11.7 Å². The van der Waals surface area contributed by atoms with Crippen molar-refractivity contribution in [2.24, 2.45) is 5.41 Å². The van der Waals surface area contributed by atoms with E-state index in [1.165, 1.54) is 6.42 Å². The molecule has 1 atom stereocenters. The Bertz CT molecular complexity index is 733. The summed E-state index contributed by atoms with van der Waals surface area (Å²) in [6.45, 7) is 3.67. The van der Waals surface area contributed by atoms with Crippen molar-refractivity contribution in [3.63, 3.8) is 0 Å². The average Bonchev–Trinajstić information content (AvgIpc) is 3.22. The number of amides is 1. The lowest BCUT2D eigenvalue weighted by Crippen LogP contribution is -2.47. The first-order valence-corrected chi connectivity index (χ1v) is 8.58. The van der Waals surface area contributed by atoms with E-state index in [4.69, 9.17) is 5.73 Å². The van der Waals surface area contributed by atoms with Gasteiger partial charge in [0.2, 0.25) is 0 Å². The molecule has 0 aliphatic carbocycles.